The van der Waals surface area contributed by atoms with Crippen LogP contribution < -0.4 is 5.32 Å². The second kappa shape index (κ2) is 6.41. The average molecular weight is 390 g/mol. The largest absolute Gasteiger partial charge is 0.309 e. The molecule has 1 unspecified atom stereocenters. The maximum Gasteiger partial charge on any atom is 0.0659 e. The van der Waals surface area contributed by atoms with Gasteiger partial charge in [0.1, 0.15) is 0 Å². The number of thiophene rings is 1. The highest BCUT2D eigenvalue weighted by Gasteiger charge is 2.28. The fourth-order valence-electron chi connectivity index (χ4n) is 3.15. The van der Waals surface area contributed by atoms with Gasteiger partial charge in [0.05, 0.1) is 2.88 Å². The first kappa shape index (κ1) is 14.3. The van der Waals surface area contributed by atoms with E-state index in [4.69, 9.17) is 0 Å². The molecule has 19 heavy (non-hydrogen) atoms. The van der Waals surface area contributed by atoms with E-state index in [1.54, 1.807) is 10.4 Å². The van der Waals surface area contributed by atoms with Crippen LogP contribution in [0.1, 0.15) is 49.1 Å². The van der Waals surface area contributed by atoms with E-state index < -0.39 is 0 Å². The molecule has 0 amide bonds. The van der Waals surface area contributed by atoms with E-state index in [1.165, 1.54) is 48.1 Å². The van der Waals surface area contributed by atoms with E-state index in [9.17, 15) is 0 Å². The quantitative estimate of drug-likeness (QED) is 0.744. The first-order chi connectivity index (χ1) is 9.28. The molecule has 0 radical (unpaired) electrons. The van der Waals surface area contributed by atoms with Crippen molar-refractivity contribution in [2.24, 2.45) is 0 Å². The summed E-state index contributed by atoms with van der Waals surface area (Å²) in [5.41, 5.74) is 1.59. The van der Waals surface area contributed by atoms with E-state index in [-0.39, 0.29) is 0 Å². The summed E-state index contributed by atoms with van der Waals surface area (Å²) in [5.74, 6) is 0. The number of hydrogen-bond acceptors (Lipinski definition) is 3. The van der Waals surface area contributed by atoms with Crippen molar-refractivity contribution in [1.29, 1.82) is 0 Å². The van der Waals surface area contributed by atoms with Crippen LogP contribution in [0.2, 0.25) is 0 Å². The molecule has 0 aromatic carbocycles. The lowest BCUT2D eigenvalue weighted by Gasteiger charge is -2.26. The van der Waals surface area contributed by atoms with Gasteiger partial charge in [-0.3, -0.25) is 4.90 Å². The Bertz CT molecular complexity index is 428. The van der Waals surface area contributed by atoms with E-state index in [2.05, 4.69) is 45.8 Å². The molecule has 0 saturated heterocycles. The molecule has 3 rings (SSSR count). The number of fused-ring (bicyclic) bond motifs is 1. The summed E-state index contributed by atoms with van der Waals surface area (Å²) < 4.78 is 1.45. The third-order valence-electron chi connectivity index (χ3n) is 4.34. The molecule has 1 aromatic heterocycles. The zero-order valence-electron chi connectivity index (χ0n) is 11.6. The summed E-state index contributed by atoms with van der Waals surface area (Å²) in [5, 5.41) is 3.80. The number of rotatable bonds is 6. The molecule has 106 valence electrons. The summed E-state index contributed by atoms with van der Waals surface area (Å²) in [6.45, 7) is 5.85. The van der Waals surface area contributed by atoms with Gasteiger partial charge in [-0.05, 0) is 72.9 Å². The van der Waals surface area contributed by atoms with Crippen molar-refractivity contribution in [3.63, 3.8) is 0 Å². The van der Waals surface area contributed by atoms with Crippen molar-refractivity contribution in [2.75, 3.05) is 19.6 Å². The standard InChI is InChI=1S/C15H23IN2S/c1-2-18(11-6-7-11)9-8-17-13-4-3-5-14-12(13)10-15(16)19-14/h10-11,13,17H,2-9H2,1H3. The molecular formula is C15H23IN2S. The van der Waals surface area contributed by atoms with E-state index >= 15 is 0 Å². The Morgan fingerprint density at radius 3 is 3.00 bits per heavy atom. The van der Waals surface area contributed by atoms with Gasteiger partial charge in [0.2, 0.25) is 0 Å². The van der Waals surface area contributed by atoms with Gasteiger partial charge in [-0.15, -0.1) is 11.3 Å². The Morgan fingerprint density at radius 1 is 1.42 bits per heavy atom. The van der Waals surface area contributed by atoms with Crippen LogP contribution in [0.3, 0.4) is 0 Å². The van der Waals surface area contributed by atoms with Crippen LogP contribution in [-0.4, -0.2) is 30.6 Å². The van der Waals surface area contributed by atoms with Crippen LogP contribution in [0.4, 0.5) is 0 Å². The maximum absolute atomic E-state index is 3.80. The van der Waals surface area contributed by atoms with Crippen molar-refractivity contribution in [3.05, 3.63) is 19.4 Å². The minimum atomic E-state index is 0.612. The minimum Gasteiger partial charge on any atom is -0.309 e. The molecule has 1 saturated carbocycles. The Kier molecular flexibility index (Phi) is 4.82. The highest BCUT2D eigenvalue weighted by atomic mass is 127. The lowest BCUT2D eigenvalue weighted by atomic mass is 9.94. The molecule has 2 nitrogen and oxygen atoms in total. The summed E-state index contributed by atoms with van der Waals surface area (Å²) in [6.07, 6.45) is 6.80. The zero-order valence-corrected chi connectivity index (χ0v) is 14.6. The van der Waals surface area contributed by atoms with Crippen molar-refractivity contribution in [1.82, 2.24) is 10.2 Å². The molecule has 2 aliphatic rings. The second-order valence-electron chi connectivity index (χ2n) is 5.69. The van der Waals surface area contributed by atoms with Crippen LogP contribution in [-0.2, 0) is 6.42 Å². The van der Waals surface area contributed by atoms with Crippen LogP contribution in [0.15, 0.2) is 6.07 Å². The molecule has 4 heteroatoms. The fraction of sp³-hybridized carbons (Fsp3) is 0.733. The fourth-order valence-corrected chi connectivity index (χ4v) is 5.27. The summed E-state index contributed by atoms with van der Waals surface area (Å²) in [4.78, 5) is 4.26. The maximum atomic E-state index is 3.80. The van der Waals surface area contributed by atoms with Crippen molar-refractivity contribution in [3.8, 4) is 0 Å². The molecule has 0 aliphatic heterocycles. The van der Waals surface area contributed by atoms with E-state index in [0.29, 0.717) is 6.04 Å². The predicted octanol–water partition coefficient (Wildman–Crippen LogP) is 3.80. The lowest BCUT2D eigenvalue weighted by molar-refractivity contribution is 0.270. The summed E-state index contributed by atoms with van der Waals surface area (Å²) >= 11 is 4.45. The molecule has 1 atom stereocenters. The Balaban J connectivity index is 1.53. The van der Waals surface area contributed by atoms with Crippen molar-refractivity contribution in [2.45, 2.75) is 51.1 Å². The first-order valence-electron chi connectivity index (χ1n) is 7.53. The van der Waals surface area contributed by atoms with Crippen LogP contribution in [0, 0.1) is 2.88 Å². The van der Waals surface area contributed by atoms with Gasteiger partial charge in [-0.1, -0.05) is 6.92 Å². The molecule has 1 fully saturated rings. The molecular weight excluding hydrogens is 367 g/mol. The van der Waals surface area contributed by atoms with Crippen molar-refractivity contribution >= 4 is 33.9 Å². The SMILES string of the molecule is CCN(CCNC1CCCc2sc(I)cc21)C1CC1. The number of nitrogens with zero attached hydrogens (tertiary/aromatic N) is 1. The Morgan fingerprint density at radius 2 is 2.26 bits per heavy atom. The topological polar surface area (TPSA) is 15.3 Å². The number of nitrogens with one attached hydrogen (secondary N) is 1. The van der Waals surface area contributed by atoms with Gasteiger partial charge in [0, 0.05) is 30.1 Å². The highest BCUT2D eigenvalue weighted by molar-refractivity contribution is 14.1. The summed E-state index contributed by atoms with van der Waals surface area (Å²) in [7, 11) is 0. The first-order valence-corrected chi connectivity index (χ1v) is 9.43. The van der Waals surface area contributed by atoms with Crippen LogP contribution in [0.5, 0.6) is 0 Å². The predicted molar refractivity (Wildman–Crippen MR) is 91.0 cm³/mol. The van der Waals surface area contributed by atoms with Gasteiger partial charge in [0.15, 0.2) is 0 Å². The third kappa shape index (κ3) is 3.52. The number of halogens is 1. The van der Waals surface area contributed by atoms with Crippen LogP contribution in [0.25, 0.3) is 0 Å². The van der Waals surface area contributed by atoms with Gasteiger partial charge >= 0.3 is 0 Å². The molecule has 1 aromatic rings. The monoisotopic (exact) mass is 390 g/mol. The molecule has 1 N–H and O–H groups in total. The average Bonchev–Trinajstić information content (AvgIpc) is 3.16. The minimum absolute atomic E-state index is 0.612. The second-order valence-corrected chi connectivity index (χ2v) is 8.72. The number of aryl methyl sites for hydroxylation is 1. The normalized spacial score (nSPS) is 22.8. The lowest BCUT2D eigenvalue weighted by Crippen LogP contribution is -2.35. The Labute approximate surface area is 134 Å². The van der Waals surface area contributed by atoms with Crippen LogP contribution >= 0.6 is 33.9 Å². The van der Waals surface area contributed by atoms with Gasteiger partial charge in [-0.2, -0.15) is 0 Å². The number of likely N-dealkylation sites (N-methyl/N-ethyl adjacent to an activating group) is 1. The zero-order chi connectivity index (χ0) is 13.2. The number of hydrogen-bond donors (Lipinski definition) is 1. The Hall–Kier alpha value is 0.350. The van der Waals surface area contributed by atoms with Crippen molar-refractivity contribution < 1.29 is 0 Å². The van der Waals surface area contributed by atoms with E-state index in [1.807, 2.05) is 11.3 Å². The van der Waals surface area contributed by atoms with Gasteiger partial charge < -0.3 is 5.32 Å². The van der Waals surface area contributed by atoms with Gasteiger partial charge in [-0.25, -0.2) is 0 Å². The highest BCUT2D eigenvalue weighted by Crippen LogP contribution is 2.36. The van der Waals surface area contributed by atoms with Gasteiger partial charge in [0.25, 0.3) is 0 Å². The smallest absolute Gasteiger partial charge is 0.0659 e. The molecule has 0 bridgehead atoms. The third-order valence-corrected chi connectivity index (χ3v) is 6.31. The summed E-state index contributed by atoms with van der Waals surface area (Å²) in [6, 6.07) is 3.91. The van der Waals surface area contributed by atoms with E-state index in [0.717, 1.165) is 12.6 Å². The molecule has 0 spiro atoms. The molecule has 2 aliphatic carbocycles. The molecule has 1 heterocycles.